The van der Waals surface area contributed by atoms with Gasteiger partial charge < -0.3 is 4.98 Å². The van der Waals surface area contributed by atoms with Gasteiger partial charge in [0.2, 0.25) is 0 Å². The fraction of sp³-hybridized carbons (Fsp3) is 0.130. The van der Waals surface area contributed by atoms with Gasteiger partial charge in [0.05, 0.1) is 22.8 Å². The molecule has 0 amide bonds. The van der Waals surface area contributed by atoms with Crippen molar-refractivity contribution in [1.82, 2.24) is 15.0 Å². The fourth-order valence-electron chi connectivity index (χ4n) is 3.23. The summed E-state index contributed by atoms with van der Waals surface area (Å²) < 4.78 is 41.1. The second-order valence-electron chi connectivity index (χ2n) is 7.25. The van der Waals surface area contributed by atoms with E-state index in [-0.39, 0.29) is 16.7 Å². The van der Waals surface area contributed by atoms with Crippen molar-refractivity contribution in [3.05, 3.63) is 95.7 Å². The third kappa shape index (κ3) is 3.42. The van der Waals surface area contributed by atoms with E-state index in [1.54, 1.807) is 18.2 Å². The molecule has 29 heavy (non-hydrogen) atoms. The van der Waals surface area contributed by atoms with Gasteiger partial charge in [-0.25, -0.2) is 18.2 Å². The Bertz CT molecular complexity index is 1170. The van der Waals surface area contributed by atoms with Crippen LogP contribution in [0.25, 0.3) is 22.6 Å². The van der Waals surface area contributed by atoms with Crippen molar-refractivity contribution in [2.24, 2.45) is 0 Å². The Labute approximate surface area is 166 Å². The molecular formula is C23H18F3N3. The van der Waals surface area contributed by atoms with E-state index in [1.165, 1.54) is 6.07 Å². The summed E-state index contributed by atoms with van der Waals surface area (Å²) in [6, 6.07) is 16.6. The van der Waals surface area contributed by atoms with E-state index < -0.39 is 17.5 Å². The van der Waals surface area contributed by atoms with Crippen LogP contribution in [0.2, 0.25) is 0 Å². The average molecular weight is 393 g/mol. The molecule has 0 aliphatic heterocycles. The van der Waals surface area contributed by atoms with Gasteiger partial charge >= 0.3 is 0 Å². The molecule has 0 fully saturated rings. The number of pyridine rings is 2. The molecule has 146 valence electrons. The molecule has 0 saturated carbocycles. The van der Waals surface area contributed by atoms with Crippen LogP contribution in [-0.4, -0.2) is 15.0 Å². The lowest BCUT2D eigenvalue weighted by Crippen LogP contribution is -2.21. The highest BCUT2D eigenvalue weighted by molar-refractivity contribution is 5.65. The van der Waals surface area contributed by atoms with Gasteiger partial charge in [0.1, 0.15) is 0 Å². The number of nitrogens with one attached hydrogen (secondary N) is 1. The number of benzene rings is 1. The number of halogens is 3. The molecule has 6 heteroatoms. The predicted octanol–water partition coefficient (Wildman–Crippen LogP) is 5.88. The molecule has 0 aliphatic rings. The average Bonchev–Trinajstić information content (AvgIpc) is 3.28. The van der Waals surface area contributed by atoms with Crippen molar-refractivity contribution in [1.29, 1.82) is 0 Å². The van der Waals surface area contributed by atoms with Gasteiger partial charge in [0, 0.05) is 22.9 Å². The van der Waals surface area contributed by atoms with Crippen molar-refractivity contribution in [2.45, 2.75) is 19.3 Å². The maximum absolute atomic E-state index is 14.2. The first kappa shape index (κ1) is 18.9. The molecule has 3 heterocycles. The Morgan fingerprint density at radius 2 is 1.41 bits per heavy atom. The smallest absolute Gasteiger partial charge is 0.195 e. The summed E-state index contributed by atoms with van der Waals surface area (Å²) in [6.45, 7) is 4.12. The van der Waals surface area contributed by atoms with Gasteiger partial charge in [-0.05, 0) is 62.4 Å². The Hall–Kier alpha value is -3.41. The van der Waals surface area contributed by atoms with Gasteiger partial charge in [-0.3, -0.25) is 4.98 Å². The summed E-state index contributed by atoms with van der Waals surface area (Å²) in [7, 11) is 0. The maximum Gasteiger partial charge on any atom is 0.195 e. The zero-order chi connectivity index (χ0) is 20.6. The number of aromatic nitrogens is 3. The fourth-order valence-corrected chi connectivity index (χ4v) is 3.23. The lowest BCUT2D eigenvalue weighted by Gasteiger charge is -2.23. The highest BCUT2D eigenvalue weighted by atomic mass is 19.2. The zero-order valence-corrected chi connectivity index (χ0v) is 15.9. The molecule has 0 spiro atoms. The van der Waals surface area contributed by atoms with E-state index in [0.29, 0.717) is 11.4 Å². The standard InChI is InChI=1S/C23H18F3N3/c1-23(2,19-10-5-13-27-19)20-9-4-8-18(29-20)17-7-3-6-16(28-17)14-11-12-15(24)22(26)21(14)25/h3-13,27H,1-2H3. The van der Waals surface area contributed by atoms with Crippen molar-refractivity contribution in [3.8, 4) is 22.6 Å². The second-order valence-corrected chi connectivity index (χ2v) is 7.25. The molecule has 0 radical (unpaired) electrons. The van der Waals surface area contributed by atoms with Crippen molar-refractivity contribution < 1.29 is 13.2 Å². The first-order valence-electron chi connectivity index (χ1n) is 9.10. The number of hydrogen-bond acceptors (Lipinski definition) is 2. The van der Waals surface area contributed by atoms with E-state index in [1.807, 2.05) is 36.5 Å². The summed E-state index contributed by atoms with van der Waals surface area (Å²) in [5.41, 5.74) is 2.71. The maximum atomic E-state index is 14.2. The monoisotopic (exact) mass is 393 g/mol. The highest BCUT2D eigenvalue weighted by Crippen LogP contribution is 2.31. The van der Waals surface area contributed by atoms with E-state index in [4.69, 9.17) is 4.98 Å². The van der Waals surface area contributed by atoms with Crippen LogP contribution >= 0.6 is 0 Å². The molecule has 1 aromatic carbocycles. The van der Waals surface area contributed by atoms with Crippen LogP contribution in [0, 0.1) is 17.5 Å². The lowest BCUT2D eigenvalue weighted by molar-refractivity contribution is 0.449. The molecule has 4 rings (SSSR count). The van der Waals surface area contributed by atoms with E-state index in [2.05, 4.69) is 23.8 Å². The molecular weight excluding hydrogens is 375 g/mol. The summed E-state index contributed by atoms with van der Waals surface area (Å²) in [5.74, 6) is -4.00. The molecule has 3 aromatic heterocycles. The zero-order valence-electron chi connectivity index (χ0n) is 15.9. The van der Waals surface area contributed by atoms with Crippen molar-refractivity contribution >= 4 is 0 Å². The van der Waals surface area contributed by atoms with Gasteiger partial charge in [-0.15, -0.1) is 0 Å². The SMILES string of the molecule is CC(C)(c1cccc(-c2cccc(-c3ccc(F)c(F)c3F)n2)n1)c1ccc[nH]1. The molecule has 0 saturated heterocycles. The number of rotatable bonds is 4. The Kier molecular flexibility index (Phi) is 4.70. The number of nitrogens with zero attached hydrogens (tertiary/aromatic N) is 2. The Morgan fingerprint density at radius 3 is 2.14 bits per heavy atom. The minimum atomic E-state index is -1.51. The van der Waals surface area contributed by atoms with Gasteiger partial charge in [0.15, 0.2) is 17.5 Å². The van der Waals surface area contributed by atoms with Crippen LogP contribution < -0.4 is 0 Å². The van der Waals surface area contributed by atoms with Crippen LogP contribution in [0.4, 0.5) is 13.2 Å². The Morgan fingerprint density at radius 1 is 0.724 bits per heavy atom. The predicted molar refractivity (Wildman–Crippen MR) is 106 cm³/mol. The lowest BCUT2D eigenvalue weighted by atomic mass is 9.85. The second kappa shape index (κ2) is 7.20. The van der Waals surface area contributed by atoms with E-state index >= 15 is 0 Å². The molecule has 3 nitrogen and oxygen atoms in total. The number of H-pyrrole nitrogens is 1. The quantitative estimate of drug-likeness (QED) is 0.440. The molecule has 4 aromatic rings. The van der Waals surface area contributed by atoms with Gasteiger partial charge in [-0.2, -0.15) is 0 Å². The van der Waals surface area contributed by atoms with Gasteiger partial charge in [-0.1, -0.05) is 12.1 Å². The summed E-state index contributed by atoms with van der Waals surface area (Å²) >= 11 is 0. The van der Waals surface area contributed by atoms with Crippen LogP contribution in [-0.2, 0) is 5.41 Å². The van der Waals surface area contributed by atoms with Crippen molar-refractivity contribution in [3.63, 3.8) is 0 Å². The minimum absolute atomic E-state index is 0.103. The minimum Gasteiger partial charge on any atom is -0.364 e. The van der Waals surface area contributed by atoms with E-state index in [0.717, 1.165) is 17.5 Å². The number of aromatic amines is 1. The van der Waals surface area contributed by atoms with Crippen LogP contribution in [0.1, 0.15) is 25.2 Å². The third-order valence-corrected chi connectivity index (χ3v) is 4.98. The first-order valence-corrected chi connectivity index (χ1v) is 9.10. The first-order chi connectivity index (χ1) is 13.9. The summed E-state index contributed by atoms with van der Waals surface area (Å²) in [5, 5.41) is 0. The topological polar surface area (TPSA) is 41.6 Å². The molecule has 0 bridgehead atoms. The molecule has 1 N–H and O–H groups in total. The summed E-state index contributed by atoms with van der Waals surface area (Å²) in [6.07, 6.45) is 1.86. The molecule has 0 unspecified atom stereocenters. The number of hydrogen-bond donors (Lipinski definition) is 1. The third-order valence-electron chi connectivity index (χ3n) is 4.98. The molecule has 0 atom stereocenters. The Balaban J connectivity index is 1.76. The van der Waals surface area contributed by atoms with Crippen LogP contribution in [0.3, 0.4) is 0 Å². The largest absolute Gasteiger partial charge is 0.364 e. The van der Waals surface area contributed by atoms with Crippen LogP contribution in [0.5, 0.6) is 0 Å². The van der Waals surface area contributed by atoms with E-state index in [9.17, 15) is 13.2 Å². The normalized spacial score (nSPS) is 11.6. The highest BCUT2D eigenvalue weighted by Gasteiger charge is 2.26. The van der Waals surface area contributed by atoms with Gasteiger partial charge in [0.25, 0.3) is 0 Å². The van der Waals surface area contributed by atoms with Crippen LogP contribution in [0.15, 0.2) is 66.9 Å². The molecule has 0 aliphatic carbocycles. The van der Waals surface area contributed by atoms with Crippen molar-refractivity contribution in [2.75, 3.05) is 0 Å². The summed E-state index contributed by atoms with van der Waals surface area (Å²) in [4.78, 5) is 12.4.